The first-order valence-corrected chi connectivity index (χ1v) is 7.60. The molecule has 1 aromatic carbocycles. The number of halogens is 1. The molecule has 0 atom stereocenters. The molecule has 0 aliphatic heterocycles. The largest absolute Gasteiger partial charge is 0.493 e. The summed E-state index contributed by atoms with van der Waals surface area (Å²) >= 11 is 7.67. The van der Waals surface area contributed by atoms with Crippen LogP contribution in [0.1, 0.15) is 11.4 Å². The molecule has 6 heteroatoms. The summed E-state index contributed by atoms with van der Waals surface area (Å²) in [7, 11) is 1.62. The Hall–Kier alpha value is -1.85. The number of rotatable bonds is 4. The lowest BCUT2D eigenvalue weighted by molar-refractivity contribution is 0.276. The Morgan fingerprint density at radius 3 is 2.86 bits per heavy atom. The van der Waals surface area contributed by atoms with Crippen molar-refractivity contribution in [1.29, 1.82) is 0 Å². The van der Waals surface area contributed by atoms with Gasteiger partial charge in [0.25, 0.3) is 0 Å². The Morgan fingerprint density at radius 1 is 1.19 bits per heavy atom. The van der Waals surface area contributed by atoms with E-state index in [-0.39, 0.29) is 6.61 Å². The van der Waals surface area contributed by atoms with Crippen molar-refractivity contribution in [2.45, 2.75) is 13.5 Å². The molecule has 0 saturated heterocycles. The number of aryl methyl sites for hydroxylation is 1. The van der Waals surface area contributed by atoms with Crippen LogP contribution in [0.15, 0.2) is 29.6 Å². The molecular formula is C15H13ClN2O2S. The van der Waals surface area contributed by atoms with E-state index in [1.807, 2.05) is 36.6 Å². The summed E-state index contributed by atoms with van der Waals surface area (Å²) in [4.78, 5) is 9.56. The zero-order chi connectivity index (χ0) is 14.8. The summed E-state index contributed by atoms with van der Waals surface area (Å²) < 4.78 is 11.1. The number of fused-ring (bicyclic) bond motifs is 1. The smallest absolute Gasteiger partial charge is 0.169 e. The van der Waals surface area contributed by atoms with E-state index in [0.717, 1.165) is 15.8 Å². The minimum atomic E-state index is 0.243. The summed E-state index contributed by atoms with van der Waals surface area (Å²) in [6.45, 7) is 2.24. The molecule has 0 N–H and O–H groups in total. The van der Waals surface area contributed by atoms with Crippen molar-refractivity contribution in [1.82, 2.24) is 9.97 Å². The zero-order valence-corrected chi connectivity index (χ0v) is 13.2. The Morgan fingerprint density at radius 2 is 2.05 bits per heavy atom. The lowest BCUT2D eigenvalue weighted by Gasteiger charge is -2.10. The number of ether oxygens (including phenoxy) is 2. The van der Waals surface area contributed by atoms with Crippen LogP contribution in [0, 0.1) is 6.92 Å². The number of benzene rings is 1. The summed E-state index contributed by atoms with van der Waals surface area (Å²) in [6, 6.07) is 7.68. The van der Waals surface area contributed by atoms with Gasteiger partial charge in [0.05, 0.1) is 7.11 Å². The highest BCUT2D eigenvalue weighted by molar-refractivity contribution is 7.16. The van der Waals surface area contributed by atoms with E-state index in [1.54, 1.807) is 7.11 Å². The standard InChI is InChI=1S/C15H13ClN2O2S/c1-9-3-4-11(12(7-9)19-2)20-8-13-17-14(16)10-5-6-21-15(10)18-13/h3-7H,8H2,1-2H3. The number of aromatic nitrogens is 2. The number of hydrogen-bond donors (Lipinski definition) is 0. The van der Waals surface area contributed by atoms with Crippen LogP contribution in [0.2, 0.25) is 5.15 Å². The maximum absolute atomic E-state index is 6.14. The Bertz CT molecular complexity index is 788. The van der Waals surface area contributed by atoms with Gasteiger partial charge in [-0.15, -0.1) is 11.3 Å². The number of hydrogen-bond acceptors (Lipinski definition) is 5. The predicted molar refractivity (Wildman–Crippen MR) is 84.5 cm³/mol. The highest BCUT2D eigenvalue weighted by Gasteiger charge is 2.09. The molecular weight excluding hydrogens is 308 g/mol. The van der Waals surface area contributed by atoms with Crippen LogP contribution >= 0.6 is 22.9 Å². The molecule has 4 nitrogen and oxygen atoms in total. The van der Waals surface area contributed by atoms with Gasteiger partial charge in [0.15, 0.2) is 17.3 Å². The van der Waals surface area contributed by atoms with Gasteiger partial charge in [0, 0.05) is 5.39 Å². The van der Waals surface area contributed by atoms with Gasteiger partial charge in [0.1, 0.15) is 16.6 Å². The summed E-state index contributed by atoms with van der Waals surface area (Å²) in [5.41, 5.74) is 1.11. The second-order valence-electron chi connectivity index (χ2n) is 4.51. The van der Waals surface area contributed by atoms with Crippen molar-refractivity contribution < 1.29 is 9.47 Å². The molecule has 108 valence electrons. The molecule has 21 heavy (non-hydrogen) atoms. The van der Waals surface area contributed by atoms with Gasteiger partial charge in [-0.2, -0.15) is 0 Å². The normalized spacial score (nSPS) is 10.8. The average Bonchev–Trinajstić information content (AvgIpc) is 2.94. The highest BCUT2D eigenvalue weighted by atomic mass is 35.5. The molecule has 0 radical (unpaired) electrons. The second kappa shape index (κ2) is 5.87. The summed E-state index contributed by atoms with van der Waals surface area (Å²) in [6.07, 6.45) is 0. The van der Waals surface area contributed by atoms with E-state index in [0.29, 0.717) is 22.5 Å². The quantitative estimate of drug-likeness (QED) is 0.674. The molecule has 0 spiro atoms. The summed E-state index contributed by atoms with van der Waals surface area (Å²) in [5.74, 6) is 1.91. The van der Waals surface area contributed by atoms with E-state index < -0.39 is 0 Å². The van der Waals surface area contributed by atoms with Crippen LogP contribution < -0.4 is 9.47 Å². The van der Waals surface area contributed by atoms with Crippen LogP contribution in [0.3, 0.4) is 0 Å². The van der Waals surface area contributed by atoms with Gasteiger partial charge in [0.2, 0.25) is 0 Å². The highest BCUT2D eigenvalue weighted by Crippen LogP contribution is 2.29. The number of nitrogens with zero attached hydrogens (tertiary/aromatic N) is 2. The molecule has 0 unspecified atom stereocenters. The van der Waals surface area contributed by atoms with Crippen molar-refractivity contribution in [3.05, 3.63) is 46.2 Å². The van der Waals surface area contributed by atoms with E-state index in [1.165, 1.54) is 11.3 Å². The third-order valence-corrected chi connectivity index (χ3v) is 4.10. The van der Waals surface area contributed by atoms with Crippen molar-refractivity contribution in [2.24, 2.45) is 0 Å². The third-order valence-electron chi connectivity index (χ3n) is 3.00. The fraction of sp³-hybridized carbons (Fsp3) is 0.200. The second-order valence-corrected chi connectivity index (χ2v) is 5.77. The molecule has 0 fully saturated rings. The lowest BCUT2D eigenvalue weighted by atomic mass is 10.2. The van der Waals surface area contributed by atoms with Crippen LogP contribution in [-0.2, 0) is 6.61 Å². The lowest BCUT2D eigenvalue weighted by Crippen LogP contribution is -2.02. The summed E-state index contributed by atoms with van der Waals surface area (Å²) in [5, 5.41) is 3.27. The molecule has 0 aliphatic carbocycles. The molecule has 0 aliphatic rings. The SMILES string of the molecule is COc1cc(C)ccc1OCc1nc(Cl)c2ccsc2n1. The molecule has 3 rings (SSSR count). The molecule has 0 bridgehead atoms. The first-order valence-electron chi connectivity index (χ1n) is 6.34. The van der Waals surface area contributed by atoms with Crippen LogP contribution in [0.25, 0.3) is 10.2 Å². The number of methoxy groups -OCH3 is 1. The molecule has 0 saturated carbocycles. The Balaban J connectivity index is 1.83. The van der Waals surface area contributed by atoms with Gasteiger partial charge >= 0.3 is 0 Å². The van der Waals surface area contributed by atoms with Crippen LogP contribution in [-0.4, -0.2) is 17.1 Å². The molecule has 3 aromatic rings. The Kier molecular flexibility index (Phi) is 3.94. The maximum Gasteiger partial charge on any atom is 0.169 e. The van der Waals surface area contributed by atoms with E-state index >= 15 is 0 Å². The minimum absolute atomic E-state index is 0.243. The van der Waals surface area contributed by atoms with Crippen LogP contribution in [0.5, 0.6) is 11.5 Å². The third kappa shape index (κ3) is 2.94. The van der Waals surface area contributed by atoms with Crippen molar-refractivity contribution in [3.63, 3.8) is 0 Å². The minimum Gasteiger partial charge on any atom is -0.493 e. The van der Waals surface area contributed by atoms with Gasteiger partial charge in [-0.25, -0.2) is 9.97 Å². The van der Waals surface area contributed by atoms with Gasteiger partial charge in [-0.3, -0.25) is 0 Å². The molecule has 0 amide bonds. The van der Waals surface area contributed by atoms with Crippen LogP contribution in [0.4, 0.5) is 0 Å². The Labute approximate surface area is 131 Å². The van der Waals surface area contributed by atoms with Gasteiger partial charge in [-0.1, -0.05) is 17.7 Å². The number of thiophene rings is 1. The average molecular weight is 321 g/mol. The van der Waals surface area contributed by atoms with Crippen molar-refractivity contribution in [3.8, 4) is 11.5 Å². The monoisotopic (exact) mass is 320 g/mol. The predicted octanol–water partition coefficient (Wildman–Crippen LogP) is 4.24. The van der Waals surface area contributed by atoms with Crippen molar-refractivity contribution in [2.75, 3.05) is 7.11 Å². The van der Waals surface area contributed by atoms with E-state index in [9.17, 15) is 0 Å². The van der Waals surface area contributed by atoms with Gasteiger partial charge < -0.3 is 9.47 Å². The first-order chi connectivity index (χ1) is 10.2. The fourth-order valence-electron chi connectivity index (χ4n) is 1.96. The van der Waals surface area contributed by atoms with Gasteiger partial charge in [-0.05, 0) is 36.1 Å². The fourth-order valence-corrected chi connectivity index (χ4v) is 3.05. The molecule has 2 aromatic heterocycles. The van der Waals surface area contributed by atoms with Crippen molar-refractivity contribution >= 4 is 33.2 Å². The zero-order valence-electron chi connectivity index (χ0n) is 11.6. The topological polar surface area (TPSA) is 44.2 Å². The van der Waals surface area contributed by atoms with E-state index in [4.69, 9.17) is 21.1 Å². The van der Waals surface area contributed by atoms with E-state index in [2.05, 4.69) is 9.97 Å². The molecule has 2 heterocycles. The maximum atomic E-state index is 6.14. The first kappa shape index (κ1) is 14.1.